The monoisotopic (exact) mass is 399 g/mol. The summed E-state index contributed by atoms with van der Waals surface area (Å²) in [6.07, 6.45) is 3.25. The zero-order valence-corrected chi connectivity index (χ0v) is 17.5. The van der Waals surface area contributed by atoms with Crippen LogP contribution in [-0.4, -0.2) is 92.2 Å². The molecule has 1 fully saturated rings. The summed E-state index contributed by atoms with van der Waals surface area (Å²) >= 11 is 1.78. The second kappa shape index (κ2) is 13.3. The first-order valence-electron chi connectivity index (χ1n) is 9.33. The standard InChI is InChI=1S/C18H33N5O3S/c1-5-12-27-13-9-19-17(20-14-16(24)22(3)4)21-15-7-10-23(11-8-15)18(25)26-6-2/h5,15H,1,6-14H2,2-4H3,(H2,19,20,21). The van der Waals surface area contributed by atoms with Crippen LogP contribution in [0.2, 0.25) is 0 Å². The number of piperidine rings is 1. The number of carbonyl (C=O) groups is 2. The molecule has 0 unspecified atom stereocenters. The third-order valence-electron chi connectivity index (χ3n) is 4.01. The smallest absolute Gasteiger partial charge is 0.409 e. The number of likely N-dealkylation sites (tertiary alicyclic amines) is 1. The summed E-state index contributed by atoms with van der Waals surface area (Å²) in [4.78, 5) is 31.3. The Morgan fingerprint density at radius 1 is 1.37 bits per heavy atom. The van der Waals surface area contributed by atoms with Gasteiger partial charge < -0.3 is 25.2 Å². The van der Waals surface area contributed by atoms with Gasteiger partial charge in [0, 0.05) is 51.3 Å². The van der Waals surface area contributed by atoms with Crippen molar-refractivity contribution in [1.29, 1.82) is 0 Å². The molecule has 1 aliphatic heterocycles. The van der Waals surface area contributed by atoms with Gasteiger partial charge in [0.25, 0.3) is 0 Å². The Morgan fingerprint density at radius 2 is 2.07 bits per heavy atom. The predicted octanol–water partition coefficient (Wildman–Crippen LogP) is 1.15. The van der Waals surface area contributed by atoms with Crippen molar-refractivity contribution < 1.29 is 14.3 Å². The lowest BCUT2D eigenvalue weighted by atomic mass is 10.1. The largest absolute Gasteiger partial charge is 0.450 e. The maximum Gasteiger partial charge on any atom is 0.409 e. The lowest BCUT2D eigenvalue weighted by Crippen LogP contribution is -2.50. The number of nitrogens with one attached hydrogen (secondary N) is 2. The molecule has 0 aliphatic carbocycles. The number of hydrogen-bond acceptors (Lipinski definition) is 5. The van der Waals surface area contributed by atoms with Gasteiger partial charge in [-0.3, -0.25) is 4.79 Å². The molecular formula is C18H33N5O3S. The molecule has 0 bridgehead atoms. The van der Waals surface area contributed by atoms with Gasteiger partial charge in [0.2, 0.25) is 5.91 Å². The average molecular weight is 400 g/mol. The van der Waals surface area contributed by atoms with Crippen molar-refractivity contribution in [1.82, 2.24) is 20.4 Å². The Labute approximate surface area is 166 Å². The summed E-state index contributed by atoms with van der Waals surface area (Å²) in [6, 6.07) is 0.206. The van der Waals surface area contributed by atoms with Crippen LogP contribution in [0.3, 0.4) is 0 Å². The fraction of sp³-hybridized carbons (Fsp3) is 0.722. The van der Waals surface area contributed by atoms with E-state index in [1.165, 1.54) is 4.90 Å². The van der Waals surface area contributed by atoms with Crippen molar-refractivity contribution in [3.05, 3.63) is 12.7 Å². The molecule has 0 radical (unpaired) electrons. The number of thioether (sulfide) groups is 1. The number of ether oxygens (including phenoxy) is 1. The van der Waals surface area contributed by atoms with Crippen molar-refractivity contribution in [2.24, 2.45) is 4.99 Å². The zero-order valence-electron chi connectivity index (χ0n) is 16.7. The molecule has 2 amide bonds. The predicted molar refractivity (Wildman–Crippen MR) is 111 cm³/mol. The SMILES string of the molecule is C=CCSCCNC(=NCC(=O)N(C)C)NC1CCN(C(=O)OCC)CC1. The molecule has 1 aliphatic rings. The van der Waals surface area contributed by atoms with Gasteiger partial charge in [-0.1, -0.05) is 6.08 Å². The Balaban J connectivity index is 2.52. The molecule has 1 rings (SSSR count). The van der Waals surface area contributed by atoms with E-state index >= 15 is 0 Å². The topological polar surface area (TPSA) is 86.3 Å². The quantitative estimate of drug-likeness (QED) is 0.262. The summed E-state index contributed by atoms with van der Waals surface area (Å²) in [6.45, 7) is 8.06. The van der Waals surface area contributed by atoms with Gasteiger partial charge in [-0.05, 0) is 19.8 Å². The van der Waals surface area contributed by atoms with Crippen LogP contribution in [0.5, 0.6) is 0 Å². The first-order valence-corrected chi connectivity index (χ1v) is 10.5. The first kappa shape index (κ1) is 23.1. The minimum atomic E-state index is -0.251. The first-order chi connectivity index (χ1) is 13.0. The molecule has 154 valence electrons. The molecule has 0 spiro atoms. The van der Waals surface area contributed by atoms with Crippen LogP contribution in [-0.2, 0) is 9.53 Å². The molecule has 27 heavy (non-hydrogen) atoms. The lowest BCUT2D eigenvalue weighted by Gasteiger charge is -2.32. The summed E-state index contributed by atoms with van der Waals surface area (Å²) in [5.41, 5.74) is 0. The van der Waals surface area contributed by atoms with E-state index in [0.717, 1.165) is 30.9 Å². The highest BCUT2D eigenvalue weighted by atomic mass is 32.2. The maximum atomic E-state index is 11.8. The minimum absolute atomic E-state index is 0.0470. The fourth-order valence-electron chi connectivity index (χ4n) is 2.46. The molecule has 1 heterocycles. The van der Waals surface area contributed by atoms with Crippen molar-refractivity contribution in [3.63, 3.8) is 0 Å². The number of hydrogen-bond donors (Lipinski definition) is 2. The van der Waals surface area contributed by atoms with Gasteiger partial charge in [0.1, 0.15) is 6.54 Å². The molecule has 0 aromatic carbocycles. The maximum absolute atomic E-state index is 11.8. The van der Waals surface area contributed by atoms with Crippen LogP contribution in [0.25, 0.3) is 0 Å². The van der Waals surface area contributed by atoms with Crippen LogP contribution in [0.15, 0.2) is 17.6 Å². The highest BCUT2D eigenvalue weighted by molar-refractivity contribution is 7.99. The Kier molecular flexibility index (Phi) is 11.4. The van der Waals surface area contributed by atoms with Gasteiger partial charge in [-0.2, -0.15) is 11.8 Å². The van der Waals surface area contributed by atoms with E-state index in [1.54, 1.807) is 30.8 Å². The van der Waals surface area contributed by atoms with Crippen molar-refractivity contribution >= 4 is 29.7 Å². The van der Waals surface area contributed by atoms with Crippen molar-refractivity contribution in [3.8, 4) is 0 Å². The molecule has 1 saturated heterocycles. The number of aliphatic imine (C=N–C) groups is 1. The molecule has 0 aromatic rings. The van der Waals surface area contributed by atoms with Gasteiger partial charge in [-0.25, -0.2) is 9.79 Å². The van der Waals surface area contributed by atoms with E-state index in [2.05, 4.69) is 22.2 Å². The number of likely N-dealkylation sites (N-methyl/N-ethyl adjacent to an activating group) is 1. The van der Waals surface area contributed by atoms with E-state index in [0.29, 0.717) is 25.7 Å². The number of amides is 2. The van der Waals surface area contributed by atoms with Crippen molar-refractivity contribution in [2.75, 3.05) is 58.4 Å². The molecule has 8 nitrogen and oxygen atoms in total. The highest BCUT2D eigenvalue weighted by Gasteiger charge is 2.24. The molecular weight excluding hydrogens is 366 g/mol. The van der Waals surface area contributed by atoms with Crippen LogP contribution in [0.1, 0.15) is 19.8 Å². The highest BCUT2D eigenvalue weighted by Crippen LogP contribution is 2.11. The lowest BCUT2D eigenvalue weighted by molar-refractivity contribution is -0.127. The average Bonchev–Trinajstić information content (AvgIpc) is 2.66. The summed E-state index contributed by atoms with van der Waals surface area (Å²) in [5, 5.41) is 6.67. The molecule has 0 aromatic heterocycles. The second-order valence-corrected chi connectivity index (χ2v) is 7.50. The van der Waals surface area contributed by atoms with Crippen LogP contribution < -0.4 is 10.6 Å². The number of rotatable bonds is 9. The summed E-state index contributed by atoms with van der Waals surface area (Å²) < 4.78 is 5.05. The Bertz CT molecular complexity index is 505. The zero-order chi connectivity index (χ0) is 20.1. The third-order valence-corrected chi connectivity index (χ3v) is 4.97. The van der Waals surface area contributed by atoms with Crippen LogP contribution in [0.4, 0.5) is 4.79 Å². The summed E-state index contributed by atoms with van der Waals surface area (Å²) in [7, 11) is 3.44. The normalized spacial score (nSPS) is 15.2. The van der Waals surface area contributed by atoms with Gasteiger partial charge in [-0.15, -0.1) is 6.58 Å². The van der Waals surface area contributed by atoms with Crippen LogP contribution >= 0.6 is 11.8 Å². The van der Waals surface area contributed by atoms with E-state index < -0.39 is 0 Å². The van der Waals surface area contributed by atoms with Gasteiger partial charge >= 0.3 is 6.09 Å². The van der Waals surface area contributed by atoms with E-state index in [-0.39, 0.29) is 24.6 Å². The van der Waals surface area contributed by atoms with Crippen molar-refractivity contribution in [2.45, 2.75) is 25.8 Å². The minimum Gasteiger partial charge on any atom is -0.450 e. The van der Waals surface area contributed by atoms with Gasteiger partial charge in [0.15, 0.2) is 5.96 Å². The van der Waals surface area contributed by atoms with E-state index in [9.17, 15) is 9.59 Å². The fourth-order valence-corrected chi connectivity index (χ4v) is 3.04. The molecule has 0 atom stereocenters. The molecule has 9 heteroatoms. The number of guanidine groups is 1. The number of nitrogens with zero attached hydrogens (tertiary/aromatic N) is 3. The Morgan fingerprint density at radius 3 is 2.67 bits per heavy atom. The second-order valence-electron chi connectivity index (χ2n) is 6.35. The third kappa shape index (κ3) is 9.55. The van der Waals surface area contributed by atoms with E-state index in [4.69, 9.17) is 4.74 Å². The molecule has 0 saturated carbocycles. The van der Waals surface area contributed by atoms with E-state index in [1.807, 2.05) is 13.0 Å². The van der Waals surface area contributed by atoms with Gasteiger partial charge in [0.05, 0.1) is 6.61 Å². The Hall–Kier alpha value is -1.90. The number of carbonyl (C=O) groups excluding carboxylic acids is 2. The van der Waals surface area contributed by atoms with Crippen LogP contribution in [0, 0.1) is 0 Å². The molecule has 2 N–H and O–H groups in total. The summed E-state index contributed by atoms with van der Waals surface area (Å²) in [5.74, 6) is 2.43.